The molecule has 0 aromatic carbocycles. The normalized spacial score (nSPS) is 11.4. The molecule has 0 amide bonds. The van der Waals surface area contributed by atoms with Crippen molar-refractivity contribution in [1.82, 2.24) is 19.7 Å². The van der Waals surface area contributed by atoms with Crippen LogP contribution in [0.25, 0.3) is 0 Å². The largest absolute Gasteiger partial charge is 0.388 e. The highest BCUT2D eigenvalue weighted by molar-refractivity contribution is 7.98. The number of thiophene rings is 1. The van der Waals surface area contributed by atoms with Gasteiger partial charge in [-0.15, -0.1) is 11.3 Å². The third kappa shape index (κ3) is 5.49. The Kier molecular flexibility index (Phi) is 6.88. The predicted molar refractivity (Wildman–Crippen MR) is 98.0 cm³/mol. The van der Waals surface area contributed by atoms with Gasteiger partial charge in [-0.3, -0.25) is 0 Å². The van der Waals surface area contributed by atoms with Crippen molar-refractivity contribution in [2.45, 2.75) is 25.8 Å². The molecule has 0 aliphatic carbocycles. The summed E-state index contributed by atoms with van der Waals surface area (Å²) in [5.74, 6) is 3.20. The zero-order chi connectivity index (χ0) is 16.8. The molecule has 0 unspecified atom stereocenters. The van der Waals surface area contributed by atoms with E-state index in [1.54, 1.807) is 4.68 Å². The van der Waals surface area contributed by atoms with E-state index in [4.69, 9.17) is 5.11 Å². The maximum Gasteiger partial charge on any atom is 0.221 e. The van der Waals surface area contributed by atoms with E-state index >= 15 is 0 Å². The maximum absolute atomic E-state index is 9.02. The van der Waals surface area contributed by atoms with E-state index in [1.165, 1.54) is 15.3 Å². The number of anilines is 1. The summed E-state index contributed by atoms with van der Waals surface area (Å²) in [6.07, 6.45) is 0. The lowest BCUT2D eigenvalue weighted by atomic mass is 10.2. The molecule has 0 aliphatic heterocycles. The standard InChI is InChI=1S/C15H25N5OS2/c1-11-12(8-19(2)3)7-13(23-11)10-22-6-5-16-15-17-14(9-21)18-20(15)4/h7,21H,5-6,8-10H2,1-4H3,(H,16,17,18). The Balaban J connectivity index is 1.72. The predicted octanol–water partition coefficient (Wildman–Crippen LogP) is 2.08. The number of aliphatic hydroxyl groups excluding tert-OH is 1. The topological polar surface area (TPSA) is 66.2 Å². The molecule has 0 bridgehead atoms. The van der Waals surface area contributed by atoms with Crippen LogP contribution in [0, 0.1) is 6.92 Å². The van der Waals surface area contributed by atoms with Crippen molar-refractivity contribution >= 4 is 29.0 Å². The molecule has 128 valence electrons. The van der Waals surface area contributed by atoms with E-state index in [2.05, 4.69) is 47.4 Å². The minimum Gasteiger partial charge on any atom is -0.388 e. The van der Waals surface area contributed by atoms with Crippen LogP contribution in [0.2, 0.25) is 0 Å². The molecule has 0 saturated heterocycles. The number of rotatable bonds is 9. The minimum absolute atomic E-state index is 0.128. The van der Waals surface area contributed by atoms with Gasteiger partial charge in [-0.25, -0.2) is 4.68 Å². The van der Waals surface area contributed by atoms with Crippen LogP contribution in [0.5, 0.6) is 0 Å². The Labute approximate surface area is 145 Å². The van der Waals surface area contributed by atoms with Gasteiger partial charge in [-0.1, -0.05) is 0 Å². The van der Waals surface area contributed by atoms with Crippen molar-refractivity contribution in [3.05, 3.63) is 27.2 Å². The van der Waals surface area contributed by atoms with Crippen molar-refractivity contribution in [2.24, 2.45) is 7.05 Å². The van der Waals surface area contributed by atoms with Crippen LogP contribution in [-0.4, -0.2) is 51.2 Å². The average Bonchev–Trinajstić information content (AvgIpc) is 3.01. The molecular weight excluding hydrogens is 330 g/mol. The molecule has 2 heterocycles. The first-order valence-corrected chi connectivity index (χ1v) is 9.52. The SMILES string of the molecule is Cc1sc(CSCCNc2nc(CO)nn2C)cc1CN(C)C. The molecule has 2 N–H and O–H groups in total. The van der Waals surface area contributed by atoms with Gasteiger partial charge in [0.1, 0.15) is 6.61 Å². The highest BCUT2D eigenvalue weighted by Gasteiger charge is 2.07. The van der Waals surface area contributed by atoms with Gasteiger partial charge in [0.15, 0.2) is 5.82 Å². The van der Waals surface area contributed by atoms with Gasteiger partial charge in [-0.2, -0.15) is 21.8 Å². The second-order valence-electron chi connectivity index (χ2n) is 5.64. The van der Waals surface area contributed by atoms with Gasteiger partial charge in [0.25, 0.3) is 0 Å². The summed E-state index contributed by atoms with van der Waals surface area (Å²) in [4.78, 5) is 9.27. The fourth-order valence-corrected chi connectivity index (χ4v) is 4.23. The van der Waals surface area contributed by atoms with Gasteiger partial charge in [-0.05, 0) is 32.6 Å². The van der Waals surface area contributed by atoms with Gasteiger partial charge in [0.2, 0.25) is 5.95 Å². The van der Waals surface area contributed by atoms with Crippen molar-refractivity contribution in [3.63, 3.8) is 0 Å². The summed E-state index contributed by atoms with van der Waals surface area (Å²) in [7, 11) is 6.03. The lowest BCUT2D eigenvalue weighted by Crippen LogP contribution is -2.10. The number of aliphatic hydroxyl groups is 1. The second-order valence-corrected chi connectivity index (χ2v) is 8.09. The van der Waals surface area contributed by atoms with E-state index in [1.807, 2.05) is 30.1 Å². The molecule has 0 saturated carbocycles. The molecule has 8 heteroatoms. The molecule has 0 radical (unpaired) electrons. The molecule has 0 spiro atoms. The zero-order valence-electron chi connectivity index (χ0n) is 14.2. The van der Waals surface area contributed by atoms with Crippen LogP contribution >= 0.6 is 23.1 Å². The van der Waals surface area contributed by atoms with E-state index < -0.39 is 0 Å². The van der Waals surface area contributed by atoms with Crippen LogP contribution in [0.1, 0.15) is 21.1 Å². The third-order valence-electron chi connectivity index (χ3n) is 3.28. The molecule has 2 rings (SSSR count). The van der Waals surface area contributed by atoms with Crippen molar-refractivity contribution in [1.29, 1.82) is 0 Å². The van der Waals surface area contributed by atoms with E-state index in [0.717, 1.165) is 24.6 Å². The van der Waals surface area contributed by atoms with Crippen LogP contribution in [0.4, 0.5) is 5.95 Å². The third-order valence-corrected chi connectivity index (χ3v) is 5.56. The average molecular weight is 356 g/mol. The summed E-state index contributed by atoms with van der Waals surface area (Å²) < 4.78 is 1.66. The number of thioether (sulfide) groups is 1. The fourth-order valence-electron chi connectivity index (χ4n) is 2.22. The van der Waals surface area contributed by atoms with Crippen LogP contribution in [0.15, 0.2) is 6.07 Å². The van der Waals surface area contributed by atoms with Crippen molar-refractivity contribution in [2.75, 3.05) is 31.7 Å². The number of aryl methyl sites for hydroxylation is 2. The quantitative estimate of drug-likeness (QED) is 0.672. The molecule has 6 nitrogen and oxygen atoms in total. The monoisotopic (exact) mass is 355 g/mol. The van der Waals surface area contributed by atoms with Crippen molar-refractivity contribution in [3.8, 4) is 0 Å². The molecule has 23 heavy (non-hydrogen) atoms. The van der Waals surface area contributed by atoms with Crippen LogP contribution in [-0.2, 0) is 26.0 Å². The number of aromatic nitrogens is 3. The van der Waals surface area contributed by atoms with Crippen molar-refractivity contribution < 1.29 is 5.11 Å². The second kappa shape index (κ2) is 8.68. The summed E-state index contributed by atoms with van der Waals surface area (Å²) in [5, 5.41) is 16.4. The highest BCUT2D eigenvalue weighted by atomic mass is 32.2. The molecule has 0 atom stereocenters. The first-order valence-electron chi connectivity index (χ1n) is 7.55. The lowest BCUT2D eigenvalue weighted by molar-refractivity contribution is 0.271. The Hall–Kier alpha value is -1.09. The Morgan fingerprint density at radius 1 is 1.43 bits per heavy atom. The summed E-state index contributed by atoms with van der Waals surface area (Å²) in [6.45, 7) is 3.91. The fraction of sp³-hybridized carbons (Fsp3) is 0.600. The number of hydrogen-bond donors (Lipinski definition) is 2. The first kappa shape index (κ1) is 18.3. The van der Waals surface area contributed by atoms with E-state index in [9.17, 15) is 0 Å². The van der Waals surface area contributed by atoms with E-state index in [-0.39, 0.29) is 6.61 Å². The maximum atomic E-state index is 9.02. The minimum atomic E-state index is -0.128. The summed E-state index contributed by atoms with van der Waals surface area (Å²) >= 11 is 3.81. The number of nitrogens with one attached hydrogen (secondary N) is 1. The number of nitrogens with zero attached hydrogens (tertiary/aromatic N) is 4. The Bertz CT molecular complexity index is 623. The first-order chi connectivity index (χ1) is 11.0. The molecule has 2 aromatic rings. The Morgan fingerprint density at radius 3 is 2.87 bits per heavy atom. The summed E-state index contributed by atoms with van der Waals surface area (Å²) in [5.41, 5.74) is 1.43. The number of hydrogen-bond acceptors (Lipinski definition) is 7. The molecular formula is C15H25N5OS2. The lowest BCUT2D eigenvalue weighted by Gasteiger charge is -2.08. The highest BCUT2D eigenvalue weighted by Crippen LogP contribution is 2.26. The van der Waals surface area contributed by atoms with Gasteiger partial charge >= 0.3 is 0 Å². The molecule has 2 aromatic heterocycles. The van der Waals surface area contributed by atoms with Crippen LogP contribution < -0.4 is 5.32 Å². The van der Waals surface area contributed by atoms with Crippen LogP contribution in [0.3, 0.4) is 0 Å². The smallest absolute Gasteiger partial charge is 0.221 e. The zero-order valence-corrected chi connectivity index (χ0v) is 15.8. The van der Waals surface area contributed by atoms with E-state index in [0.29, 0.717) is 11.8 Å². The van der Waals surface area contributed by atoms with Gasteiger partial charge in [0, 0.05) is 41.4 Å². The molecule has 0 aliphatic rings. The van der Waals surface area contributed by atoms with Gasteiger partial charge in [0.05, 0.1) is 0 Å². The Morgan fingerprint density at radius 2 is 2.22 bits per heavy atom. The summed E-state index contributed by atoms with van der Waals surface area (Å²) in [6, 6.07) is 2.33. The molecule has 0 fully saturated rings. The van der Waals surface area contributed by atoms with Gasteiger partial charge < -0.3 is 15.3 Å².